The number of benzene rings is 1. The number of hydrogen-bond acceptors (Lipinski definition) is 3. The van der Waals surface area contributed by atoms with E-state index in [2.05, 4.69) is 10.6 Å². The summed E-state index contributed by atoms with van der Waals surface area (Å²) in [6.45, 7) is 7.85. The average molecular weight is 292 g/mol. The van der Waals surface area contributed by atoms with E-state index in [0.29, 0.717) is 5.69 Å². The lowest BCUT2D eigenvalue weighted by atomic mass is 10.0. The Labute approximate surface area is 125 Å². The number of anilines is 1. The second-order valence-electron chi connectivity index (χ2n) is 5.42. The van der Waals surface area contributed by atoms with Crippen LogP contribution in [0.4, 0.5) is 5.69 Å². The van der Waals surface area contributed by atoms with Crippen molar-refractivity contribution < 1.29 is 14.7 Å². The van der Waals surface area contributed by atoms with E-state index in [0.717, 1.165) is 17.5 Å². The fourth-order valence-electron chi connectivity index (χ4n) is 1.76. The molecule has 0 aliphatic heterocycles. The molecule has 1 aromatic rings. The minimum Gasteiger partial charge on any atom is -0.391 e. The van der Waals surface area contributed by atoms with Gasteiger partial charge in [-0.3, -0.25) is 9.59 Å². The quantitative estimate of drug-likeness (QED) is 0.724. The number of aliphatic hydroxyl groups excluding tert-OH is 1. The molecule has 2 amide bonds. The molecule has 0 aliphatic rings. The standard InChI is InChI=1S/C16H24N2O3/c1-5-10(2)14(19)9-17-15(20)16(21)18-13-7-6-11(3)12(4)8-13/h6-8,10,14,19H,5,9H2,1-4H3,(H,17,20)(H,18,21). The van der Waals surface area contributed by atoms with Gasteiger partial charge in [0.25, 0.3) is 0 Å². The Morgan fingerprint density at radius 1 is 1.19 bits per heavy atom. The maximum absolute atomic E-state index is 11.8. The van der Waals surface area contributed by atoms with Crippen LogP contribution < -0.4 is 10.6 Å². The molecular weight excluding hydrogens is 268 g/mol. The molecule has 0 heterocycles. The molecular formula is C16H24N2O3. The highest BCUT2D eigenvalue weighted by Gasteiger charge is 2.17. The minimum atomic E-state index is -0.740. The SMILES string of the molecule is CCC(C)C(O)CNC(=O)C(=O)Nc1ccc(C)c(C)c1. The van der Waals surface area contributed by atoms with Gasteiger partial charge < -0.3 is 15.7 Å². The lowest BCUT2D eigenvalue weighted by Crippen LogP contribution is -2.41. The van der Waals surface area contributed by atoms with Crippen molar-refractivity contribution in [3.05, 3.63) is 29.3 Å². The summed E-state index contributed by atoms with van der Waals surface area (Å²) in [6, 6.07) is 5.45. The number of aryl methyl sites for hydroxylation is 2. The van der Waals surface area contributed by atoms with E-state index >= 15 is 0 Å². The predicted octanol–water partition coefficient (Wildman–Crippen LogP) is 1.77. The molecule has 1 rings (SSSR count). The maximum Gasteiger partial charge on any atom is 0.313 e. The molecule has 2 atom stereocenters. The minimum absolute atomic E-state index is 0.0770. The molecule has 116 valence electrons. The van der Waals surface area contributed by atoms with Crippen molar-refractivity contribution in [2.24, 2.45) is 5.92 Å². The molecule has 0 aliphatic carbocycles. The molecule has 1 aromatic carbocycles. The fourth-order valence-corrected chi connectivity index (χ4v) is 1.76. The first kappa shape index (κ1) is 17.2. The van der Waals surface area contributed by atoms with Crippen molar-refractivity contribution in [1.29, 1.82) is 0 Å². The van der Waals surface area contributed by atoms with Gasteiger partial charge in [0, 0.05) is 12.2 Å². The average Bonchev–Trinajstić information content (AvgIpc) is 2.47. The van der Waals surface area contributed by atoms with E-state index in [1.807, 2.05) is 39.8 Å². The van der Waals surface area contributed by atoms with Crippen LogP contribution in [0.5, 0.6) is 0 Å². The van der Waals surface area contributed by atoms with Gasteiger partial charge in [-0.25, -0.2) is 0 Å². The van der Waals surface area contributed by atoms with Crippen LogP contribution >= 0.6 is 0 Å². The Morgan fingerprint density at radius 2 is 1.86 bits per heavy atom. The van der Waals surface area contributed by atoms with E-state index in [4.69, 9.17) is 0 Å². The highest BCUT2D eigenvalue weighted by atomic mass is 16.3. The summed E-state index contributed by atoms with van der Waals surface area (Å²) >= 11 is 0. The molecule has 2 unspecified atom stereocenters. The summed E-state index contributed by atoms with van der Waals surface area (Å²) in [5.74, 6) is -1.39. The van der Waals surface area contributed by atoms with E-state index in [1.54, 1.807) is 6.07 Å². The summed E-state index contributed by atoms with van der Waals surface area (Å²) in [5, 5.41) is 14.7. The van der Waals surface area contributed by atoms with Crippen molar-refractivity contribution in [2.75, 3.05) is 11.9 Å². The second-order valence-corrected chi connectivity index (χ2v) is 5.42. The third-order valence-electron chi connectivity index (χ3n) is 3.74. The van der Waals surface area contributed by atoms with Crippen molar-refractivity contribution in [3.8, 4) is 0 Å². The number of carbonyl (C=O) groups is 2. The summed E-state index contributed by atoms with van der Waals surface area (Å²) in [6.07, 6.45) is 0.166. The first-order valence-electron chi connectivity index (χ1n) is 7.19. The summed E-state index contributed by atoms with van der Waals surface area (Å²) < 4.78 is 0. The molecule has 5 heteroatoms. The molecule has 0 saturated heterocycles. The summed E-state index contributed by atoms with van der Waals surface area (Å²) in [7, 11) is 0. The largest absolute Gasteiger partial charge is 0.391 e. The normalized spacial score (nSPS) is 13.4. The van der Waals surface area contributed by atoms with E-state index < -0.39 is 17.9 Å². The lowest BCUT2D eigenvalue weighted by Gasteiger charge is -2.17. The number of rotatable bonds is 5. The van der Waals surface area contributed by atoms with E-state index in [9.17, 15) is 14.7 Å². The molecule has 0 bridgehead atoms. The van der Waals surface area contributed by atoms with Crippen molar-refractivity contribution in [1.82, 2.24) is 5.32 Å². The van der Waals surface area contributed by atoms with E-state index in [-0.39, 0.29) is 12.5 Å². The second kappa shape index (κ2) is 7.78. The van der Waals surface area contributed by atoms with Crippen LogP contribution in [-0.4, -0.2) is 29.6 Å². The van der Waals surface area contributed by atoms with Crippen LogP contribution in [0.25, 0.3) is 0 Å². The third-order valence-corrected chi connectivity index (χ3v) is 3.74. The zero-order valence-electron chi connectivity index (χ0n) is 13.1. The zero-order valence-corrected chi connectivity index (χ0v) is 13.1. The van der Waals surface area contributed by atoms with Gasteiger partial charge in [-0.05, 0) is 43.0 Å². The third kappa shape index (κ3) is 5.19. The van der Waals surface area contributed by atoms with Gasteiger partial charge in [0.05, 0.1) is 6.10 Å². The van der Waals surface area contributed by atoms with Crippen LogP contribution in [0.1, 0.15) is 31.4 Å². The monoisotopic (exact) mass is 292 g/mol. The maximum atomic E-state index is 11.8. The number of hydrogen-bond donors (Lipinski definition) is 3. The lowest BCUT2D eigenvalue weighted by molar-refractivity contribution is -0.136. The molecule has 5 nitrogen and oxygen atoms in total. The Bertz CT molecular complexity index is 514. The predicted molar refractivity (Wildman–Crippen MR) is 83.0 cm³/mol. The Morgan fingerprint density at radius 3 is 2.43 bits per heavy atom. The van der Waals surface area contributed by atoms with Crippen molar-refractivity contribution >= 4 is 17.5 Å². The molecule has 21 heavy (non-hydrogen) atoms. The van der Waals surface area contributed by atoms with Gasteiger partial charge >= 0.3 is 11.8 Å². The molecule has 3 N–H and O–H groups in total. The number of nitrogens with one attached hydrogen (secondary N) is 2. The molecule has 0 radical (unpaired) electrons. The number of amides is 2. The topological polar surface area (TPSA) is 78.4 Å². The summed E-state index contributed by atoms with van der Waals surface area (Å²) in [4.78, 5) is 23.4. The van der Waals surface area contributed by atoms with Gasteiger partial charge in [0.1, 0.15) is 0 Å². The molecule has 0 aromatic heterocycles. The zero-order chi connectivity index (χ0) is 16.0. The Hall–Kier alpha value is -1.88. The molecule has 0 spiro atoms. The van der Waals surface area contributed by atoms with Crippen LogP contribution in [0.3, 0.4) is 0 Å². The first-order valence-corrected chi connectivity index (χ1v) is 7.19. The fraction of sp³-hybridized carbons (Fsp3) is 0.500. The number of carbonyl (C=O) groups excluding carboxylic acids is 2. The highest BCUT2D eigenvalue weighted by Crippen LogP contribution is 2.14. The molecule has 0 saturated carbocycles. The molecule has 0 fully saturated rings. The van der Waals surface area contributed by atoms with Gasteiger partial charge in [-0.1, -0.05) is 26.3 Å². The van der Waals surface area contributed by atoms with Crippen molar-refractivity contribution in [2.45, 2.75) is 40.2 Å². The van der Waals surface area contributed by atoms with Gasteiger partial charge in [-0.2, -0.15) is 0 Å². The van der Waals surface area contributed by atoms with Crippen molar-refractivity contribution in [3.63, 3.8) is 0 Å². The van der Waals surface area contributed by atoms with Gasteiger partial charge in [-0.15, -0.1) is 0 Å². The highest BCUT2D eigenvalue weighted by molar-refractivity contribution is 6.39. The van der Waals surface area contributed by atoms with Crippen LogP contribution in [-0.2, 0) is 9.59 Å². The smallest absolute Gasteiger partial charge is 0.313 e. The van der Waals surface area contributed by atoms with E-state index in [1.165, 1.54) is 0 Å². The van der Waals surface area contributed by atoms with Crippen LogP contribution in [0.15, 0.2) is 18.2 Å². The van der Waals surface area contributed by atoms with Gasteiger partial charge in [0.15, 0.2) is 0 Å². The van der Waals surface area contributed by atoms with Crippen LogP contribution in [0.2, 0.25) is 0 Å². The van der Waals surface area contributed by atoms with Crippen LogP contribution in [0, 0.1) is 19.8 Å². The van der Waals surface area contributed by atoms with Gasteiger partial charge in [0.2, 0.25) is 0 Å². The Balaban J connectivity index is 2.51. The Kier molecular flexibility index (Phi) is 6.37. The summed E-state index contributed by atoms with van der Waals surface area (Å²) in [5.41, 5.74) is 2.75. The number of aliphatic hydroxyl groups is 1. The first-order chi connectivity index (χ1) is 9.85.